The molecule has 2 aliphatic heterocycles. The first-order valence-corrected chi connectivity index (χ1v) is 9.46. The van der Waals surface area contributed by atoms with Crippen molar-refractivity contribution in [3.8, 4) is 0 Å². The largest absolute Gasteiger partial charge is 0.335 e. The fourth-order valence-corrected chi connectivity index (χ4v) is 3.95. The maximum Gasteiger partial charge on any atom is 0.317 e. The van der Waals surface area contributed by atoms with E-state index in [4.69, 9.17) is 0 Å². The lowest BCUT2D eigenvalue weighted by Crippen LogP contribution is -2.44. The molecule has 3 rings (SSSR count). The van der Waals surface area contributed by atoms with E-state index < -0.39 is 0 Å². The zero-order chi connectivity index (χ0) is 16.9. The Morgan fingerprint density at radius 3 is 2.58 bits per heavy atom. The molecule has 4 nitrogen and oxygen atoms in total. The van der Waals surface area contributed by atoms with E-state index in [9.17, 15) is 4.79 Å². The third-order valence-electron chi connectivity index (χ3n) is 5.71. The number of urea groups is 1. The SMILES string of the molecule is CC(NC(=O)N1CCC(CN2CCCC2)C1)C(C)c1ccccc1. The van der Waals surface area contributed by atoms with Crippen molar-refractivity contribution in [2.45, 2.75) is 45.1 Å². The standard InChI is InChI=1S/C20H31N3O/c1-16(19-8-4-3-5-9-19)17(2)21-20(24)23-13-10-18(15-23)14-22-11-6-7-12-22/h3-5,8-9,16-18H,6-7,10-15H2,1-2H3,(H,21,24). The summed E-state index contributed by atoms with van der Waals surface area (Å²) in [5.41, 5.74) is 1.28. The molecule has 0 saturated carbocycles. The zero-order valence-corrected chi connectivity index (χ0v) is 15.1. The van der Waals surface area contributed by atoms with Crippen LogP contribution >= 0.6 is 0 Å². The van der Waals surface area contributed by atoms with Crippen molar-refractivity contribution in [2.24, 2.45) is 5.92 Å². The van der Waals surface area contributed by atoms with Crippen LogP contribution in [0.25, 0.3) is 0 Å². The molecule has 0 aromatic heterocycles. The Labute approximate surface area is 146 Å². The van der Waals surface area contributed by atoms with E-state index in [1.165, 1.54) is 38.0 Å². The molecule has 1 aromatic carbocycles. The molecule has 2 saturated heterocycles. The summed E-state index contributed by atoms with van der Waals surface area (Å²) < 4.78 is 0. The Morgan fingerprint density at radius 1 is 1.17 bits per heavy atom. The number of rotatable bonds is 5. The molecular formula is C20H31N3O. The highest BCUT2D eigenvalue weighted by atomic mass is 16.2. The fourth-order valence-electron chi connectivity index (χ4n) is 3.95. The van der Waals surface area contributed by atoms with Crippen molar-refractivity contribution in [2.75, 3.05) is 32.7 Å². The first-order chi connectivity index (χ1) is 11.6. The molecule has 3 atom stereocenters. The predicted octanol–water partition coefficient (Wildman–Crippen LogP) is 3.31. The summed E-state index contributed by atoms with van der Waals surface area (Å²) >= 11 is 0. The summed E-state index contributed by atoms with van der Waals surface area (Å²) in [7, 11) is 0. The Bertz CT molecular complexity index is 527. The molecule has 1 aromatic rings. The molecule has 2 heterocycles. The number of likely N-dealkylation sites (tertiary alicyclic amines) is 2. The van der Waals surface area contributed by atoms with E-state index in [1.54, 1.807) is 0 Å². The molecule has 2 aliphatic rings. The van der Waals surface area contributed by atoms with E-state index in [1.807, 2.05) is 11.0 Å². The average molecular weight is 329 g/mol. The van der Waals surface area contributed by atoms with E-state index >= 15 is 0 Å². The molecular weight excluding hydrogens is 298 g/mol. The maximum absolute atomic E-state index is 12.6. The van der Waals surface area contributed by atoms with Crippen LogP contribution in [-0.2, 0) is 0 Å². The highest BCUT2D eigenvalue weighted by Gasteiger charge is 2.29. The lowest BCUT2D eigenvalue weighted by Gasteiger charge is -2.26. The molecule has 132 valence electrons. The lowest BCUT2D eigenvalue weighted by atomic mass is 9.94. The van der Waals surface area contributed by atoms with Gasteiger partial charge in [0.05, 0.1) is 0 Å². The van der Waals surface area contributed by atoms with Crippen molar-refractivity contribution in [1.29, 1.82) is 0 Å². The number of nitrogens with zero attached hydrogens (tertiary/aromatic N) is 2. The normalized spacial score (nSPS) is 24.1. The van der Waals surface area contributed by atoms with Crippen LogP contribution in [0.5, 0.6) is 0 Å². The average Bonchev–Trinajstić information content (AvgIpc) is 3.27. The quantitative estimate of drug-likeness (QED) is 0.899. The summed E-state index contributed by atoms with van der Waals surface area (Å²) in [6.07, 6.45) is 3.82. The van der Waals surface area contributed by atoms with Gasteiger partial charge in [0.1, 0.15) is 0 Å². The van der Waals surface area contributed by atoms with Gasteiger partial charge in [0, 0.05) is 31.6 Å². The van der Waals surface area contributed by atoms with Crippen LogP contribution in [0.2, 0.25) is 0 Å². The first kappa shape index (κ1) is 17.3. The van der Waals surface area contributed by atoms with Gasteiger partial charge < -0.3 is 15.1 Å². The molecule has 0 spiro atoms. The summed E-state index contributed by atoms with van der Waals surface area (Å²) in [6.45, 7) is 9.75. The molecule has 0 radical (unpaired) electrons. The monoisotopic (exact) mass is 329 g/mol. The fraction of sp³-hybridized carbons (Fsp3) is 0.650. The smallest absolute Gasteiger partial charge is 0.317 e. The van der Waals surface area contributed by atoms with Gasteiger partial charge in [0.25, 0.3) is 0 Å². The van der Waals surface area contributed by atoms with Crippen LogP contribution in [-0.4, -0.2) is 54.6 Å². The molecule has 0 aliphatic carbocycles. The Kier molecular flexibility index (Phi) is 5.77. The zero-order valence-electron chi connectivity index (χ0n) is 15.1. The molecule has 4 heteroatoms. The van der Waals surface area contributed by atoms with E-state index in [0.717, 1.165) is 19.5 Å². The molecule has 2 amide bonds. The lowest BCUT2D eigenvalue weighted by molar-refractivity contribution is 0.199. The van der Waals surface area contributed by atoms with Crippen molar-refractivity contribution >= 4 is 6.03 Å². The third kappa shape index (κ3) is 4.29. The van der Waals surface area contributed by atoms with Crippen LogP contribution in [0.15, 0.2) is 30.3 Å². The van der Waals surface area contributed by atoms with Gasteiger partial charge in [-0.1, -0.05) is 37.3 Å². The number of amides is 2. The summed E-state index contributed by atoms with van der Waals surface area (Å²) in [6, 6.07) is 10.7. The number of nitrogens with one attached hydrogen (secondary N) is 1. The minimum absolute atomic E-state index is 0.106. The van der Waals surface area contributed by atoms with Crippen LogP contribution < -0.4 is 5.32 Å². The van der Waals surface area contributed by atoms with Crippen LogP contribution in [0, 0.1) is 5.92 Å². The van der Waals surface area contributed by atoms with Gasteiger partial charge in [0.15, 0.2) is 0 Å². The van der Waals surface area contributed by atoms with E-state index in [2.05, 4.69) is 48.3 Å². The Morgan fingerprint density at radius 2 is 1.88 bits per heavy atom. The van der Waals surface area contributed by atoms with Gasteiger partial charge in [-0.3, -0.25) is 0 Å². The minimum Gasteiger partial charge on any atom is -0.335 e. The highest BCUT2D eigenvalue weighted by molar-refractivity contribution is 5.75. The molecule has 1 N–H and O–H groups in total. The van der Waals surface area contributed by atoms with Crippen molar-refractivity contribution < 1.29 is 4.79 Å². The second-order valence-corrected chi connectivity index (χ2v) is 7.55. The number of hydrogen-bond donors (Lipinski definition) is 1. The summed E-state index contributed by atoms with van der Waals surface area (Å²) in [5, 5.41) is 3.21. The van der Waals surface area contributed by atoms with Gasteiger partial charge in [-0.2, -0.15) is 0 Å². The number of hydrogen-bond acceptors (Lipinski definition) is 2. The second kappa shape index (κ2) is 8.02. The Balaban J connectivity index is 1.46. The maximum atomic E-state index is 12.6. The van der Waals surface area contributed by atoms with Crippen LogP contribution in [0.4, 0.5) is 4.79 Å². The van der Waals surface area contributed by atoms with Gasteiger partial charge in [-0.15, -0.1) is 0 Å². The number of carbonyl (C=O) groups excluding carboxylic acids is 1. The van der Waals surface area contributed by atoms with Crippen LogP contribution in [0.3, 0.4) is 0 Å². The molecule has 3 unspecified atom stereocenters. The minimum atomic E-state index is 0.106. The second-order valence-electron chi connectivity index (χ2n) is 7.55. The van der Waals surface area contributed by atoms with Gasteiger partial charge in [-0.25, -0.2) is 4.79 Å². The molecule has 2 fully saturated rings. The van der Waals surface area contributed by atoms with Crippen molar-refractivity contribution in [3.05, 3.63) is 35.9 Å². The van der Waals surface area contributed by atoms with Gasteiger partial charge >= 0.3 is 6.03 Å². The van der Waals surface area contributed by atoms with Crippen LogP contribution in [0.1, 0.15) is 44.6 Å². The van der Waals surface area contributed by atoms with Gasteiger partial charge in [0.2, 0.25) is 0 Å². The molecule has 0 bridgehead atoms. The van der Waals surface area contributed by atoms with Crippen molar-refractivity contribution in [1.82, 2.24) is 15.1 Å². The highest BCUT2D eigenvalue weighted by Crippen LogP contribution is 2.22. The van der Waals surface area contributed by atoms with E-state index in [-0.39, 0.29) is 12.1 Å². The predicted molar refractivity (Wildman–Crippen MR) is 98.2 cm³/mol. The number of carbonyl (C=O) groups is 1. The topological polar surface area (TPSA) is 35.6 Å². The van der Waals surface area contributed by atoms with E-state index in [0.29, 0.717) is 11.8 Å². The Hall–Kier alpha value is -1.55. The summed E-state index contributed by atoms with van der Waals surface area (Å²) in [5.74, 6) is 0.967. The number of benzene rings is 1. The summed E-state index contributed by atoms with van der Waals surface area (Å²) in [4.78, 5) is 17.1. The van der Waals surface area contributed by atoms with Crippen molar-refractivity contribution in [3.63, 3.8) is 0 Å². The first-order valence-electron chi connectivity index (χ1n) is 9.46. The third-order valence-corrected chi connectivity index (χ3v) is 5.71. The van der Waals surface area contributed by atoms with Gasteiger partial charge in [-0.05, 0) is 50.8 Å². The molecule has 24 heavy (non-hydrogen) atoms.